The number of aromatic nitrogens is 1. The zero-order valence-electron chi connectivity index (χ0n) is 14.0. The van der Waals surface area contributed by atoms with Gasteiger partial charge >= 0.3 is 12.1 Å². The molecule has 0 aliphatic heterocycles. The van der Waals surface area contributed by atoms with Gasteiger partial charge in [0.2, 0.25) is 0 Å². The highest BCUT2D eigenvalue weighted by molar-refractivity contribution is 7.16. The largest absolute Gasteiger partial charge is 0.477 e. The lowest BCUT2D eigenvalue weighted by Crippen LogP contribution is -2.34. The van der Waals surface area contributed by atoms with Crippen LogP contribution in [0.2, 0.25) is 0 Å². The first-order valence-corrected chi connectivity index (χ1v) is 8.26. The van der Waals surface area contributed by atoms with Crippen LogP contribution in [0.3, 0.4) is 0 Å². The predicted octanol–water partition coefficient (Wildman–Crippen LogP) is 4.09. The smallest absolute Gasteiger partial charge is 0.408 e. The van der Waals surface area contributed by atoms with E-state index in [4.69, 9.17) is 9.84 Å². The van der Waals surface area contributed by atoms with Gasteiger partial charge in [0.15, 0.2) is 0 Å². The molecule has 6 nitrogen and oxygen atoms in total. The third kappa shape index (κ3) is 4.79. The van der Waals surface area contributed by atoms with E-state index in [0.29, 0.717) is 5.01 Å². The number of hydrogen-bond donors (Lipinski definition) is 2. The maximum Gasteiger partial charge on any atom is 0.408 e. The van der Waals surface area contributed by atoms with Gasteiger partial charge in [-0.05, 0) is 39.3 Å². The first kappa shape index (κ1) is 17.9. The summed E-state index contributed by atoms with van der Waals surface area (Å²) in [6.45, 7) is 7.27. The molecule has 1 aromatic heterocycles. The van der Waals surface area contributed by atoms with Gasteiger partial charge < -0.3 is 15.2 Å². The number of benzene rings is 1. The second kappa shape index (κ2) is 7.00. The van der Waals surface area contributed by atoms with E-state index in [1.54, 1.807) is 20.8 Å². The lowest BCUT2D eigenvalue weighted by atomic mass is 10.1. The molecule has 0 unspecified atom stereocenters. The average molecular weight is 348 g/mol. The molecule has 7 heteroatoms. The summed E-state index contributed by atoms with van der Waals surface area (Å²) in [4.78, 5) is 27.2. The van der Waals surface area contributed by atoms with Crippen LogP contribution in [0, 0.1) is 0 Å². The van der Waals surface area contributed by atoms with Crippen LogP contribution >= 0.6 is 11.3 Å². The fraction of sp³-hybridized carbons (Fsp3) is 0.353. The third-order valence-electron chi connectivity index (χ3n) is 3.08. The Labute approximate surface area is 144 Å². The normalized spacial score (nSPS) is 12.5. The van der Waals surface area contributed by atoms with Crippen LogP contribution in [0.4, 0.5) is 4.79 Å². The molecule has 1 aromatic carbocycles. The molecule has 1 heterocycles. The Hall–Kier alpha value is -2.41. The number of alkyl carbamates (subject to hydrolysis) is 1. The summed E-state index contributed by atoms with van der Waals surface area (Å²) in [5.41, 5.74) is 1.13. The van der Waals surface area contributed by atoms with Crippen LogP contribution in [-0.4, -0.2) is 27.8 Å². The molecule has 0 saturated carbocycles. The Bertz CT molecular complexity index is 749. The van der Waals surface area contributed by atoms with Crippen molar-refractivity contribution in [1.82, 2.24) is 10.3 Å². The molecule has 2 N–H and O–H groups in total. The summed E-state index contributed by atoms with van der Waals surface area (Å²) in [6.07, 6.45) is 0.861. The second-order valence-corrected chi connectivity index (χ2v) is 7.36. The minimum absolute atomic E-state index is 0.190. The van der Waals surface area contributed by atoms with Gasteiger partial charge in [-0.25, -0.2) is 14.6 Å². The third-order valence-corrected chi connectivity index (χ3v) is 4.12. The summed E-state index contributed by atoms with van der Waals surface area (Å²) in [5.74, 6) is -0.991. The first-order chi connectivity index (χ1) is 11.2. The number of ether oxygens (including phenoxy) is 1. The van der Waals surface area contributed by atoms with Crippen molar-refractivity contribution < 1.29 is 19.4 Å². The fourth-order valence-corrected chi connectivity index (χ4v) is 2.77. The number of nitrogens with zero attached hydrogens (tertiary/aromatic N) is 1. The van der Waals surface area contributed by atoms with Crippen LogP contribution in [0.15, 0.2) is 30.5 Å². The Morgan fingerprint density at radius 2 is 2.04 bits per heavy atom. The zero-order valence-corrected chi connectivity index (χ0v) is 14.8. The van der Waals surface area contributed by atoms with Crippen LogP contribution < -0.4 is 5.32 Å². The highest BCUT2D eigenvalue weighted by Crippen LogP contribution is 2.27. The predicted molar refractivity (Wildman–Crippen MR) is 92.3 cm³/mol. The van der Waals surface area contributed by atoms with Gasteiger partial charge in [-0.3, -0.25) is 0 Å². The number of aromatic carboxylic acids is 1. The number of amides is 1. The molecule has 128 valence electrons. The van der Waals surface area contributed by atoms with E-state index in [9.17, 15) is 9.59 Å². The second-order valence-electron chi connectivity index (χ2n) is 6.33. The van der Waals surface area contributed by atoms with Crippen LogP contribution in [0.5, 0.6) is 0 Å². The molecule has 1 amide bonds. The van der Waals surface area contributed by atoms with Crippen molar-refractivity contribution in [2.75, 3.05) is 0 Å². The van der Waals surface area contributed by atoms with Crippen molar-refractivity contribution >= 4 is 23.4 Å². The van der Waals surface area contributed by atoms with E-state index in [-0.39, 0.29) is 10.9 Å². The maximum atomic E-state index is 11.9. The van der Waals surface area contributed by atoms with Crippen molar-refractivity contribution in [2.24, 2.45) is 0 Å². The standard InChI is InChI=1S/C17H20N2O4S/c1-10(19-16(22)23-17(2,3)4)11-6-5-7-12(8-11)14-18-9-13(24-14)15(20)21/h5-10H,1-4H3,(H,19,22)(H,20,21)/t10-/m1/s1. The van der Waals surface area contributed by atoms with E-state index in [0.717, 1.165) is 22.5 Å². The minimum Gasteiger partial charge on any atom is -0.477 e. The summed E-state index contributed by atoms with van der Waals surface area (Å²) >= 11 is 1.11. The van der Waals surface area contributed by atoms with Gasteiger partial charge in [0.05, 0.1) is 12.2 Å². The Balaban J connectivity index is 2.14. The highest BCUT2D eigenvalue weighted by atomic mass is 32.1. The summed E-state index contributed by atoms with van der Waals surface area (Å²) in [5, 5.41) is 12.4. The van der Waals surface area contributed by atoms with E-state index in [2.05, 4.69) is 10.3 Å². The molecule has 0 radical (unpaired) electrons. The average Bonchev–Trinajstić information content (AvgIpc) is 2.95. The van der Waals surface area contributed by atoms with Crippen molar-refractivity contribution in [3.05, 3.63) is 40.9 Å². The minimum atomic E-state index is -0.991. The number of carboxylic acids is 1. The van der Waals surface area contributed by atoms with Crippen molar-refractivity contribution in [1.29, 1.82) is 0 Å². The monoisotopic (exact) mass is 348 g/mol. The van der Waals surface area contributed by atoms with Gasteiger partial charge in [0.1, 0.15) is 15.5 Å². The number of carbonyl (C=O) groups is 2. The number of carboxylic acid groups (broad SMARTS) is 1. The number of rotatable bonds is 4. The number of hydrogen-bond acceptors (Lipinski definition) is 5. The molecular formula is C17H20N2O4S. The SMILES string of the molecule is C[C@@H](NC(=O)OC(C)(C)C)c1cccc(-c2ncc(C(=O)O)s2)c1. The quantitative estimate of drug-likeness (QED) is 0.868. The summed E-state index contributed by atoms with van der Waals surface area (Å²) in [7, 11) is 0. The summed E-state index contributed by atoms with van der Waals surface area (Å²) < 4.78 is 5.25. The van der Waals surface area contributed by atoms with E-state index >= 15 is 0 Å². The highest BCUT2D eigenvalue weighted by Gasteiger charge is 2.19. The molecule has 24 heavy (non-hydrogen) atoms. The topological polar surface area (TPSA) is 88.5 Å². The Kier molecular flexibility index (Phi) is 5.23. The molecule has 0 fully saturated rings. The number of carbonyl (C=O) groups excluding carboxylic acids is 1. The molecule has 2 rings (SSSR count). The Morgan fingerprint density at radius 1 is 1.33 bits per heavy atom. The molecule has 0 spiro atoms. The van der Waals surface area contributed by atoms with Gasteiger partial charge in [0, 0.05) is 5.56 Å². The molecule has 2 aromatic rings. The van der Waals surface area contributed by atoms with Gasteiger partial charge in [0.25, 0.3) is 0 Å². The van der Waals surface area contributed by atoms with E-state index < -0.39 is 17.7 Å². The molecular weight excluding hydrogens is 328 g/mol. The maximum absolute atomic E-state index is 11.9. The van der Waals surface area contributed by atoms with Crippen molar-refractivity contribution in [3.63, 3.8) is 0 Å². The number of thiazole rings is 1. The summed E-state index contributed by atoms with van der Waals surface area (Å²) in [6, 6.07) is 7.22. The lowest BCUT2D eigenvalue weighted by molar-refractivity contribution is 0.0507. The van der Waals surface area contributed by atoms with Crippen molar-refractivity contribution in [3.8, 4) is 10.6 Å². The molecule has 0 bridgehead atoms. The van der Waals surface area contributed by atoms with Crippen LogP contribution in [0.25, 0.3) is 10.6 Å². The van der Waals surface area contributed by atoms with Gasteiger partial charge in [-0.15, -0.1) is 11.3 Å². The van der Waals surface area contributed by atoms with Crippen LogP contribution in [-0.2, 0) is 4.74 Å². The lowest BCUT2D eigenvalue weighted by Gasteiger charge is -2.22. The molecule has 0 aliphatic rings. The number of nitrogens with one attached hydrogen (secondary N) is 1. The molecule has 1 atom stereocenters. The Morgan fingerprint density at radius 3 is 2.62 bits per heavy atom. The molecule has 0 aliphatic carbocycles. The molecule has 0 saturated heterocycles. The first-order valence-electron chi connectivity index (χ1n) is 7.44. The van der Waals surface area contributed by atoms with Crippen LogP contribution in [0.1, 0.15) is 49.0 Å². The van der Waals surface area contributed by atoms with Crippen molar-refractivity contribution in [2.45, 2.75) is 39.3 Å². The fourth-order valence-electron chi connectivity index (χ4n) is 2.02. The van der Waals surface area contributed by atoms with E-state index in [1.165, 1.54) is 6.20 Å². The van der Waals surface area contributed by atoms with Gasteiger partial charge in [-0.2, -0.15) is 0 Å². The van der Waals surface area contributed by atoms with E-state index in [1.807, 2.05) is 31.2 Å². The van der Waals surface area contributed by atoms with Gasteiger partial charge in [-0.1, -0.05) is 18.2 Å². The zero-order chi connectivity index (χ0) is 17.9.